The van der Waals surface area contributed by atoms with Crippen LogP contribution in [-0.4, -0.2) is 67.7 Å². The van der Waals surface area contributed by atoms with Crippen LogP contribution in [0.2, 0.25) is 0 Å². The average Bonchev–Trinajstić information content (AvgIpc) is 3.47. The Morgan fingerprint density at radius 1 is 1.15 bits per heavy atom. The average molecular weight is 359 g/mol. The van der Waals surface area contributed by atoms with E-state index in [4.69, 9.17) is 9.47 Å². The van der Waals surface area contributed by atoms with Crippen molar-refractivity contribution in [2.24, 2.45) is 0 Å². The van der Waals surface area contributed by atoms with Crippen molar-refractivity contribution in [1.29, 1.82) is 0 Å². The summed E-state index contributed by atoms with van der Waals surface area (Å²) in [5.74, 6) is 1.72. The van der Waals surface area contributed by atoms with Gasteiger partial charge in [-0.3, -0.25) is 9.69 Å². The molecule has 0 unspecified atom stereocenters. The third-order valence-corrected chi connectivity index (χ3v) is 5.43. The normalized spacial score (nSPS) is 21.0. The number of hydrogen-bond donors (Lipinski definition) is 1. The SMILES string of the molecule is CN(CC(=O)NC1CCN(C2CC2)CC1)Cc1ccc2c(c1)OCCO2. The quantitative estimate of drug-likeness (QED) is 0.837. The first kappa shape index (κ1) is 17.6. The van der Waals surface area contributed by atoms with Gasteiger partial charge in [0, 0.05) is 31.7 Å². The summed E-state index contributed by atoms with van der Waals surface area (Å²) in [5, 5.41) is 3.21. The number of likely N-dealkylation sites (tertiary alicyclic amines) is 1. The fraction of sp³-hybridized carbons (Fsp3) is 0.650. The van der Waals surface area contributed by atoms with Crippen LogP contribution in [0.15, 0.2) is 18.2 Å². The number of carbonyl (C=O) groups excluding carboxylic acids is 1. The number of rotatable bonds is 6. The molecule has 1 saturated heterocycles. The molecule has 0 atom stereocenters. The predicted molar refractivity (Wildman–Crippen MR) is 99.5 cm³/mol. The van der Waals surface area contributed by atoms with Gasteiger partial charge in [0.2, 0.25) is 5.91 Å². The maximum Gasteiger partial charge on any atom is 0.234 e. The molecule has 0 bridgehead atoms. The molecule has 26 heavy (non-hydrogen) atoms. The lowest BCUT2D eigenvalue weighted by molar-refractivity contribution is -0.123. The molecular formula is C20H29N3O3. The topological polar surface area (TPSA) is 54.0 Å². The fourth-order valence-electron chi connectivity index (χ4n) is 3.92. The second-order valence-corrected chi connectivity index (χ2v) is 7.76. The Labute approximate surface area is 155 Å². The number of amides is 1. The molecule has 0 radical (unpaired) electrons. The molecule has 4 rings (SSSR count). The Bertz CT molecular complexity index is 639. The molecule has 2 heterocycles. The maximum atomic E-state index is 12.4. The van der Waals surface area contributed by atoms with Crippen molar-refractivity contribution in [1.82, 2.24) is 15.1 Å². The van der Waals surface area contributed by atoms with Gasteiger partial charge in [0.25, 0.3) is 0 Å². The van der Waals surface area contributed by atoms with Crippen LogP contribution in [0.1, 0.15) is 31.2 Å². The highest BCUT2D eigenvalue weighted by molar-refractivity contribution is 5.78. The molecule has 1 aliphatic carbocycles. The van der Waals surface area contributed by atoms with Gasteiger partial charge in [0.1, 0.15) is 13.2 Å². The van der Waals surface area contributed by atoms with E-state index in [1.165, 1.54) is 12.8 Å². The summed E-state index contributed by atoms with van der Waals surface area (Å²) in [4.78, 5) is 17.0. The summed E-state index contributed by atoms with van der Waals surface area (Å²) in [6.07, 6.45) is 4.88. The van der Waals surface area contributed by atoms with E-state index >= 15 is 0 Å². The molecule has 0 spiro atoms. The Morgan fingerprint density at radius 2 is 1.88 bits per heavy atom. The van der Waals surface area contributed by atoms with E-state index in [2.05, 4.69) is 10.2 Å². The number of likely N-dealkylation sites (N-methyl/N-ethyl adjacent to an activating group) is 1. The minimum atomic E-state index is 0.120. The lowest BCUT2D eigenvalue weighted by Crippen LogP contribution is -2.47. The molecule has 142 valence electrons. The Hall–Kier alpha value is -1.79. The summed E-state index contributed by atoms with van der Waals surface area (Å²) in [6, 6.07) is 7.17. The van der Waals surface area contributed by atoms with Crippen molar-refractivity contribution < 1.29 is 14.3 Å². The van der Waals surface area contributed by atoms with E-state index in [9.17, 15) is 4.79 Å². The smallest absolute Gasteiger partial charge is 0.234 e. The van der Waals surface area contributed by atoms with Crippen molar-refractivity contribution in [3.8, 4) is 11.5 Å². The van der Waals surface area contributed by atoms with Crippen LogP contribution in [0.4, 0.5) is 0 Å². The van der Waals surface area contributed by atoms with Crippen molar-refractivity contribution in [2.45, 2.75) is 44.3 Å². The van der Waals surface area contributed by atoms with Crippen molar-refractivity contribution in [3.05, 3.63) is 23.8 Å². The summed E-state index contributed by atoms with van der Waals surface area (Å²) in [7, 11) is 1.98. The van der Waals surface area contributed by atoms with Crippen LogP contribution in [0.25, 0.3) is 0 Å². The summed E-state index contributed by atoms with van der Waals surface area (Å²) in [6.45, 7) is 4.58. The van der Waals surface area contributed by atoms with Gasteiger partial charge in [-0.25, -0.2) is 0 Å². The predicted octanol–water partition coefficient (Wildman–Crippen LogP) is 1.63. The third kappa shape index (κ3) is 4.48. The van der Waals surface area contributed by atoms with E-state index in [1.807, 2.05) is 30.1 Å². The second-order valence-electron chi connectivity index (χ2n) is 7.76. The molecule has 3 aliphatic rings. The molecule has 6 heteroatoms. The number of nitrogens with one attached hydrogen (secondary N) is 1. The van der Waals surface area contributed by atoms with Gasteiger partial charge in [-0.15, -0.1) is 0 Å². The van der Waals surface area contributed by atoms with Gasteiger partial charge in [-0.2, -0.15) is 0 Å². The van der Waals surface area contributed by atoms with Crippen LogP contribution >= 0.6 is 0 Å². The van der Waals surface area contributed by atoms with Crippen LogP contribution < -0.4 is 14.8 Å². The van der Waals surface area contributed by atoms with E-state index in [-0.39, 0.29) is 5.91 Å². The first-order valence-electron chi connectivity index (χ1n) is 9.78. The minimum Gasteiger partial charge on any atom is -0.486 e. The number of carbonyl (C=O) groups is 1. The summed E-state index contributed by atoms with van der Waals surface area (Å²) >= 11 is 0. The van der Waals surface area contributed by atoms with Gasteiger partial charge in [0.15, 0.2) is 11.5 Å². The number of nitrogens with zero attached hydrogens (tertiary/aromatic N) is 2. The number of fused-ring (bicyclic) bond motifs is 1. The lowest BCUT2D eigenvalue weighted by atomic mass is 10.0. The van der Waals surface area contributed by atoms with Crippen LogP contribution in [0.3, 0.4) is 0 Å². The molecule has 2 aliphatic heterocycles. The van der Waals surface area contributed by atoms with E-state index in [0.717, 1.165) is 49.0 Å². The first-order valence-corrected chi connectivity index (χ1v) is 9.78. The van der Waals surface area contributed by atoms with Gasteiger partial charge in [-0.05, 0) is 50.4 Å². The zero-order valence-corrected chi connectivity index (χ0v) is 15.6. The van der Waals surface area contributed by atoms with Gasteiger partial charge in [0.05, 0.1) is 6.54 Å². The fourth-order valence-corrected chi connectivity index (χ4v) is 3.92. The number of benzene rings is 1. The maximum absolute atomic E-state index is 12.4. The highest BCUT2D eigenvalue weighted by Crippen LogP contribution is 2.31. The van der Waals surface area contributed by atoms with Crippen LogP contribution in [-0.2, 0) is 11.3 Å². The zero-order valence-electron chi connectivity index (χ0n) is 15.6. The number of ether oxygens (including phenoxy) is 2. The molecule has 6 nitrogen and oxygen atoms in total. The van der Waals surface area contributed by atoms with Crippen LogP contribution in [0.5, 0.6) is 11.5 Å². The van der Waals surface area contributed by atoms with Crippen LogP contribution in [0, 0.1) is 0 Å². The molecule has 1 aromatic carbocycles. The van der Waals surface area contributed by atoms with Gasteiger partial charge >= 0.3 is 0 Å². The molecular weight excluding hydrogens is 330 g/mol. The highest BCUT2D eigenvalue weighted by atomic mass is 16.6. The standard InChI is InChI=1S/C20H29N3O3/c1-22(13-15-2-5-18-19(12-15)26-11-10-25-18)14-20(24)21-16-6-8-23(9-7-16)17-3-4-17/h2,5,12,16-17H,3-4,6-11,13-14H2,1H3,(H,21,24). The van der Waals surface area contributed by atoms with E-state index in [1.54, 1.807) is 0 Å². The van der Waals surface area contributed by atoms with Crippen molar-refractivity contribution in [3.63, 3.8) is 0 Å². The molecule has 1 amide bonds. The van der Waals surface area contributed by atoms with E-state index in [0.29, 0.717) is 32.3 Å². The Balaban J connectivity index is 1.21. The Kier molecular flexibility index (Phi) is 5.31. The monoisotopic (exact) mass is 359 g/mol. The highest BCUT2D eigenvalue weighted by Gasteiger charge is 2.32. The lowest BCUT2D eigenvalue weighted by Gasteiger charge is -2.32. The number of hydrogen-bond acceptors (Lipinski definition) is 5. The van der Waals surface area contributed by atoms with Crippen molar-refractivity contribution >= 4 is 5.91 Å². The molecule has 0 aromatic heterocycles. The second kappa shape index (κ2) is 7.84. The summed E-state index contributed by atoms with van der Waals surface area (Å²) < 4.78 is 11.2. The molecule has 1 N–H and O–H groups in total. The third-order valence-electron chi connectivity index (χ3n) is 5.43. The Morgan fingerprint density at radius 3 is 2.62 bits per heavy atom. The molecule has 1 saturated carbocycles. The van der Waals surface area contributed by atoms with Gasteiger partial charge in [-0.1, -0.05) is 6.07 Å². The van der Waals surface area contributed by atoms with Gasteiger partial charge < -0.3 is 19.7 Å². The summed E-state index contributed by atoms with van der Waals surface area (Å²) in [5.41, 5.74) is 1.13. The molecule has 2 fully saturated rings. The first-order chi connectivity index (χ1) is 12.7. The van der Waals surface area contributed by atoms with E-state index < -0.39 is 0 Å². The molecule has 1 aromatic rings. The van der Waals surface area contributed by atoms with Crippen molar-refractivity contribution in [2.75, 3.05) is 39.9 Å². The zero-order chi connectivity index (χ0) is 17.9. The number of piperidine rings is 1. The minimum absolute atomic E-state index is 0.120. The largest absolute Gasteiger partial charge is 0.486 e.